The van der Waals surface area contributed by atoms with E-state index in [9.17, 15) is 4.79 Å². The van der Waals surface area contributed by atoms with Crippen LogP contribution in [0.3, 0.4) is 0 Å². The topological polar surface area (TPSA) is 92.7 Å². The lowest BCUT2D eigenvalue weighted by Crippen LogP contribution is -2.51. The maximum Gasteiger partial charge on any atom is 0.254 e. The molecule has 1 saturated carbocycles. The van der Waals surface area contributed by atoms with Crippen molar-refractivity contribution in [1.82, 2.24) is 24.5 Å². The molecule has 2 fully saturated rings. The number of nitrogens with zero attached hydrogens (tertiary/aromatic N) is 6. The van der Waals surface area contributed by atoms with Gasteiger partial charge in [0.1, 0.15) is 12.1 Å². The van der Waals surface area contributed by atoms with Crippen molar-refractivity contribution < 1.29 is 4.79 Å². The van der Waals surface area contributed by atoms with Gasteiger partial charge in [-0.2, -0.15) is 14.6 Å². The summed E-state index contributed by atoms with van der Waals surface area (Å²) in [4.78, 5) is 25.6. The molecule has 2 N–H and O–H groups in total. The van der Waals surface area contributed by atoms with Crippen LogP contribution in [0.4, 0.5) is 5.82 Å². The Bertz CT molecular complexity index is 776. The van der Waals surface area contributed by atoms with Crippen LogP contribution in [0.1, 0.15) is 31.4 Å². The molecule has 8 nitrogen and oxygen atoms in total. The van der Waals surface area contributed by atoms with Gasteiger partial charge < -0.3 is 15.5 Å². The first-order valence-corrected chi connectivity index (χ1v) is 9.08. The first kappa shape index (κ1) is 21.7. The summed E-state index contributed by atoms with van der Waals surface area (Å²) in [5.41, 5.74) is 6.97. The van der Waals surface area contributed by atoms with Crippen LogP contribution in [0.5, 0.6) is 0 Å². The fraction of sp³-hybridized carbons (Fsp3) is 0.647. The molecule has 27 heavy (non-hydrogen) atoms. The maximum absolute atomic E-state index is 12.8. The number of hydrogen-bond donors (Lipinski definition) is 1. The summed E-state index contributed by atoms with van der Waals surface area (Å²) in [6, 6.07) is 2.21. The van der Waals surface area contributed by atoms with Gasteiger partial charge in [-0.25, -0.2) is 4.98 Å². The highest BCUT2D eigenvalue weighted by atomic mass is 35.5. The lowest BCUT2D eigenvalue weighted by molar-refractivity contribution is -0.137. The fourth-order valence-corrected chi connectivity index (χ4v) is 4.00. The smallest absolute Gasteiger partial charge is 0.254 e. The quantitative estimate of drug-likeness (QED) is 0.797. The Morgan fingerprint density at radius 2 is 1.93 bits per heavy atom. The minimum Gasteiger partial charge on any atom is -0.353 e. The van der Waals surface area contributed by atoms with Crippen molar-refractivity contribution in [2.24, 2.45) is 11.7 Å². The summed E-state index contributed by atoms with van der Waals surface area (Å²) in [5.74, 6) is 2.00. The first-order valence-electron chi connectivity index (χ1n) is 9.08. The summed E-state index contributed by atoms with van der Waals surface area (Å²) in [5, 5.41) is 4.28. The second kappa shape index (κ2) is 9.03. The van der Waals surface area contributed by atoms with Gasteiger partial charge in [0.15, 0.2) is 0 Å². The van der Waals surface area contributed by atoms with Crippen LogP contribution >= 0.6 is 24.8 Å². The van der Waals surface area contributed by atoms with Gasteiger partial charge in [-0.3, -0.25) is 4.79 Å². The molecule has 3 heterocycles. The van der Waals surface area contributed by atoms with E-state index in [1.807, 2.05) is 17.9 Å². The van der Waals surface area contributed by atoms with Gasteiger partial charge in [0.2, 0.25) is 5.91 Å². The van der Waals surface area contributed by atoms with Crippen molar-refractivity contribution in [2.75, 3.05) is 31.1 Å². The van der Waals surface area contributed by atoms with E-state index in [4.69, 9.17) is 5.73 Å². The van der Waals surface area contributed by atoms with E-state index in [0.29, 0.717) is 5.78 Å². The molecule has 1 saturated heterocycles. The molecule has 2 aromatic rings. The van der Waals surface area contributed by atoms with Crippen molar-refractivity contribution in [3.63, 3.8) is 0 Å². The zero-order chi connectivity index (χ0) is 17.4. The van der Waals surface area contributed by atoms with Gasteiger partial charge in [0.25, 0.3) is 5.78 Å². The number of nitrogens with two attached hydrogens (primary N) is 1. The van der Waals surface area contributed by atoms with E-state index in [0.717, 1.165) is 63.4 Å². The molecule has 1 aliphatic heterocycles. The Balaban J connectivity index is 0.00000131. The van der Waals surface area contributed by atoms with Crippen molar-refractivity contribution >= 4 is 42.3 Å². The number of aromatic nitrogens is 4. The average molecular weight is 416 g/mol. The highest BCUT2D eigenvalue weighted by molar-refractivity contribution is 5.85. The second-order valence-corrected chi connectivity index (χ2v) is 7.16. The van der Waals surface area contributed by atoms with Gasteiger partial charge in [0, 0.05) is 49.9 Å². The van der Waals surface area contributed by atoms with Crippen LogP contribution in [0.25, 0.3) is 5.78 Å². The fourth-order valence-electron chi connectivity index (χ4n) is 4.00. The molecule has 2 aromatic heterocycles. The molecule has 0 radical (unpaired) electrons. The van der Waals surface area contributed by atoms with E-state index < -0.39 is 0 Å². The van der Waals surface area contributed by atoms with Crippen LogP contribution in [0.15, 0.2) is 12.4 Å². The van der Waals surface area contributed by atoms with Gasteiger partial charge in [-0.05, 0) is 26.2 Å². The molecular formula is C17H27Cl2N7O. The number of fused-ring (bicyclic) bond motifs is 1. The SMILES string of the molecule is Cc1cc(N2CCN(C(=O)C3CCCC(N)C3)CC2)n2ncnc2n1.Cl.Cl. The molecule has 2 unspecified atom stereocenters. The number of carbonyl (C=O) groups is 1. The van der Waals surface area contributed by atoms with Gasteiger partial charge in [-0.15, -0.1) is 24.8 Å². The molecule has 0 bridgehead atoms. The number of hydrogen-bond acceptors (Lipinski definition) is 6. The molecule has 0 aromatic carbocycles. The summed E-state index contributed by atoms with van der Waals surface area (Å²) in [6.07, 6.45) is 5.46. The molecule has 150 valence electrons. The number of rotatable bonds is 2. The third kappa shape index (κ3) is 4.44. The first-order chi connectivity index (χ1) is 12.1. The molecule has 0 spiro atoms. The van der Waals surface area contributed by atoms with Crippen LogP contribution < -0.4 is 10.6 Å². The van der Waals surface area contributed by atoms with E-state index in [1.54, 1.807) is 4.52 Å². The van der Waals surface area contributed by atoms with Gasteiger partial charge in [0.05, 0.1) is 0 Å². The largest absolute Gasteiger partial charge is 0.353 e. The lowest BCUT2D eigenvalue weighted by Gasteiger charge is -2.38. The van der Waals surface area contributed by atoms with E-state index in [-0.39, 0.29) is 42.7 Å². The zero-order valence-corrected chi connectivity index (χ0v) is 17.1. The monoisotopic (exact) mass is 415 g/mol. The normalized spacial score (nSPS) is 22.9. The third-order valence-electron chi connectivity index (χ3n) is 5.34. The average Bonchev–Trinajstić information content (AvgIpc) is 3.09. The van der Waals surface area contributed by atoms with E-state index in [2.05, 4.69) is 20.0 Å². The Morgan fingerprint density at radius 1 is 1.19 bits per heavy atom. The second-order valence-electron chi connectivity index (χ2n) is 7.16. The minimum absolute atomic E-state index is 0. The van der Waals surface area contributed by atoms with Crippen LogP contribution in [0, 0.1) is 12.8 Å². The highest BCUT2D eigenvalue weighted by Crippen LogP contribution is 2.26. The summed E-state index contributed by atoms with van der Waals surface area (Å²) in [7, 11) is 0. The van der Waals surface area contributed by atoms with E-state index >= 15 is 0 Å². The molecular weight excluding hydrogens is 389 g/mol. The van der Waals surface area contributed by atoms with Crippen molar-refractivity contribution in [3.05, 3.63) is 18.1 Å². The van der Waals surface area contributed by atoms with Crippen molar-refractivity contribution in [3.8, 4) is 0 Å². The third-order valence-corrected chi connectivity index (χ3v) is 5.34. The summed E-state index contributed by atoms with van der Waals surface area (Å²) >= 11 is 0. The molecule has 4 rings (SSSR count). The van der Waals surface area contributed by atoms with Crippen LogP contribution in [-0.2, 0) is 4.79 Å². The number of amides is 1. The maximum atomic E-state index is 12.8. The van der Waals surface area contributed by atoms with Gasteiger partial charge >= 0.3 is 0 Å². The number of carbonyl (C=O) groups excluding carboxylic acids is 1. The van der Waals surface area contributed by atoms with Crippen molar-refractivity contribution in [2.45, 2.75) is 38.6 Å². The zero-order valence-electron chi connectivity index (χ0n) is 15.5. The van der Waals surface area contributed by atoms with Crippen molar-refractivity contribution in [1.29, 1.82) is 0 Å². The molecule has 2 atom stereocenters. The molecule has 2 aliphatic rings. The lowest BCUT2D eigenvalue weighted by atomic mass is 9.85. The summed E-state index contributed by atoms with van der Waals surface area (Å²) in [6.45, 7) is 5.03. The highest BCUT2D eigenvalue weighted by Gasteiger charge is 2.31. The predicted octanol–water partition coefficient (Wildman–Crippen LogP) is 1.44. The number of piperazine rings is 1. The van der Waals surface area contributed by atoms with E-state index in [1.165, 1.54) is 6.33 Å². The molecule has 1 aliphatic carbocycles. The van der Waals surface area contributed by atoms with Crippen LogP contribution in [0.2, 0.25) is 0 Å². The summed E-state index contributed by atoms with van der Waals surface area (Å²) < 4.78 is 1.77. The Hall–Kier alpha value is -1.64. The predicted molar refractivity (Wildman–Crippen MR) is 109 cm³/mol. The number of aryl methyl sites for hydroxylation is 1. The number of anilines is 1. The molecule has 10 heteroatoms. The number of halogens is 2. The standard InChI is InChI=1S/C17H25N7O.2ClH/c1-12-9-15(24-17(21-12)19-11-20-24)22-5-7-23(8-6-22)16(25)13-3-2-4-14(18)10-13;;/h9,11,13-14H,2-8,10,18H2,1H3;2*1H. The Morgan fingerprint density at radius 3 is 2.63 bits per heavy atom. The molecule has 1 amide bonds. The Labute approximate surface area is 171 Å². The van der Waals surface area contributed by atoms with Gasteiger partial charge in [-0.1, -0.05) is 6.42 Å². The minimum atomic E-state index is 0. The Kier molecular flexibility index (Phi) is 7.25. The van der Waals surface area contributed by atoms with Crippen LogP contribution in [-0.4, -0.2) is 62.6 Å².